The molecule has 2 N–H and O–H groups in total. The molecule has 0 aromatic rings. The molecule has 0 bridgehead atoms. The molecule has 0 aliphatic carbocycles. The molecular formula is C11H17NO5. The fraction of sp³-hybridized carbons (Fsp3) is 0.727. The smallest absolute Gasteiger partial charge is 0.345 e. The van der Waals surface area contributed by atoms with Crippen LogP contribution >= 0.6 is 0 Å². The summed E-state index contributed by atoms with van der Waals surface area (Å²) in [5.74, 6) is -1.91. The summed E-state index contributed by atoms with van der Waals surface area (Å²) in [5, 5.41) is 11.3. The number of ether oxygens (including phenoxy) is 1. The summed E-state index contributed by atoms with van der Waals surface area (Å²) in [6.07, 6.45) is -0.227. The first-order chi connectivity index (χ1) is 7.90. The Hall–Kier alpha value is -1.59. The van der Waals surface area contributed by atoms with E-state index in [0.717, 1.165) is 0 Å². The third-order valence-corrected chi connectivity index (χ3v) is 2.50. The minimum absolute atomic E-state index is 0.113. The summed E-state index contributed by atoms with van der Waals surface area (Å²) in [4.78, 5) is 33.4. The Balaban J connectivity index is 2.52. The Labute approximate surface area is 99.3 Å². The van der Waals surface area contributed by atoms with Crippen LogP contribution in [0.1, 0.15) is 33.1 Å². The molecule has 6 heteroatoms. The SMILES string of the molecule is CC(C)C[C@@H](OC(=O)[C@@H]1CCC(=O)N1)C(=O)O. The first kappa shape index (κ1) is 13.5. The van der Waals surface area contributed by atoms with Gasteiger partial charge in [-0.25, -0.2) is 9.59 Å². The average Bonchev–Trinajstić information content (AvgIpc) is 2.63. The first-order valence-electron chi connectivity index (χ1n) is 5.62. The summed E-state index contributed by atoms with van der Waals surface area (Å²) in [6, 6.07) is -0.698. The highest BCUT2D eigenvalue weighted by atomic mass is 16.6. The predicted molar refractivity (Wildman–Crippen MR) is 58.1 cm³/mol. The monoisotopic (exact) mass is 243 g/mol. The van der Waals surface area contributed by atoms with Gasteiger partial charge in [-0.1, -0.05) is 13.8 Å². The first-order valence-corrected chi connectivity index (χ1v) is 5.62. The number of amides is 1. The van der Waals surface area contributed by atoms with E-state index in [-0.39, 0.29) is 24.7 Å². The standard InChI is InChI=1S/C11H17NO5/c1-6(2)5-8(10(14)15)17-11(16)7-3-4-9(13)12-7/h6-8H,3-5H2,1-2H3,(H,12,13)(H,14,15)/t7-,8+/m0/s1. The number of hydrogen-bond acceptors (Lipinski definition) is 4. The fourth-order valence-corrected chi connectivity index (χ4v) is 1.64. The van der Waals surface area contributed by atoms with Gasteiger partial charge in [-0.3, -0.25) is 4.79 Å². The number of carbonyl (C=O) groups is 3. The van der Waals surface area contributed by atoms with Gasteiger partial charge in [0, 0.05) is 6.42 Å². The van der Waals surface area contributed by atoms with Crippen molar-refractivity contribution >= 4 is 17.8 Å². The molecule has 96 valence electrons. The summed E-state index contributed by atoms with van der Waals surface area (Å²) in [5.41, 5.74) is 0. The summed E-state index contributed by atoms with van der Waals surface area (Å²) >= 11 is 0. The van der Waals surface area contributed by atoms with Gasteiger partial charge in [0.25, 0.3) is 0 Å². The highest BCUT2D eigenvalue weighted by Gasteiger charge is 2.32. The van der Waals surface area contributed by atoms with Gasteiger partial charge < -0.3 is 15.2 Å². The minimum atomic E-state index is -1.16. The number of esters is 1. The van der Waals surface area contributed by atoms with E-state index in [0.29, 0.717) is 6.42 Å². The number of rotatable bonds is 5. The van der Waals surface area contributed by atoms with Crippen LogP contribution in [0.4, 0.5) is 0 Å². The molecule has 1 aliphatic rings. The van der Waals surface area contributed by atoms with Crippen LogP contribution in [0.15, 0.2) is 0 Å². The largest absolute Gasteiger partial charge is 0.479 e. The molecule has 17 heavy (non-hydrogen) atoms. The van der Waals surface area contributed by atoms with E-state index in [4.69, 9.17) is 9.84 Å². The lowest BCUT2D eigenvalue weighted by molar-refractivity contribution is -0.166. The van der Waals surface area contributed by atoms with E-state index in [1.54, 1.807) is 0 Å². The van der Waals surface area contributed by atoms with Crippen molar-refractivity contribution < 1.29 is 24.2 Å². The zero-order valence-corrected chi connectivity index (χ0v) is 9.93. The van der Waals surface area contributed by atoms with Crippen LogP contribution < -0.4 is 5.32 Å². The number of carbonyl (C=O) groups excluding carboxylic acids is 2. The van der Waals surface area contributed by atoms with Crippen LogP contribution in [0.5, 0.6) is 0 Å². The number of nitrogens with one attached hydrogen (secondary N) is 1. The van der Waals surface area contributed by atoms with E-state index >= 15 is 0 Å². The summed E-state index contributed by atoms with van der Waals surface area (Å²) in [6.45, 7) is 3.70. The Morgan fingerprint density at radius 2 is 2.18 bits per heavy atom. The molecule has 0 aromatic heterocycles. The molecule has 6 nitrogen and oxygen atoms in total. The van der Waals surface area contributed by atoms with Gasteiger partial charge in [0.05, 0.1) is 0 Å². The van der Waals surface area contributed by atoms with Gasteiger partial charge >= 0.3 is 11.9 Å². The number of aliphatic carboxylic acids is 1. The van der Waals surface area contributed by atoms with Gasteiger partial charge in [-0.15, -0.1) is 0 Å². The van der Waals surface area contributed by atoms with Gasteiger partial charge in [-0.2, -0.15) is 0 Å². The van der Waals surface area contributed by atoms with E-state index in [1.807, 2.05) is 13.8 Å². The highest BCUT2D eigenvalue weighted by Crippen LogP contribution is 2.13. The van der Waals surface area contributed by atoms with E-state index in [9.17, 15) is 14.4 Å². The molecule has 1 aliphatic heterocycles. The fourth-order valence-electron chi connectivity index (χ4n) is 1.64. The van der Waals surface area contributed by atoms with Crippen molar-refractivity contribution in [2.45, 2.75) is 45.3 Å². The second-order valence-corrected chi connectivity index (χ2v) is 4.55. The molecule has 2 atom stereocenters. The van der Waals surface area contributed by atoms with Crippen LogP contribution in [0.3, 0.4) is 0 Å². The molecule has 0 unspecified atom stereocenters. The van der Waals surface area contributed by atoms with E-state index < -0.39 is 24.1 Å². The number of hydrogen-bond donors (Lipinski definition) is 2. The maximum atomic E-state index is 11.6. The van der Waals surface area contributed by atoms with Crippen molar-refractivity contribution in [1.82, 2.24) is 5.32 Å². The van der Waals surface area contributed by atoms with Crippen LogP contribution in [0.25, 0.3) is 0 Å². The third-order valence-electron chi connectivity index (χ3n) is 2.50. The van der Waals surface area contributed by atoms with Crippen molar-refractivity contribution in [1.29, 1.82) is 0 Å². The second-order valence-electron chi connectivity index (χ2n) is 4.55. The molecule has 1 heterocycles. The van der Waals surface area contributed by atoms with Crippen LogP contribution in [-0.2, 0) is 19.1 Å². The zero-order valence-electron chi connectivity index (χ0n) is 9.93. The van der Waals surface area contributed by atoms with Gasteiger partial charge in [0.1, 0.15) is 6.04 Å². The molecule has 0 aromatic carbocycles. The minimum Gasteiger partial charge on any atom is -0.479 e. The lowest BCUT2D eigenvalue weighted by atomic mass is 10.1. The van der Waals surface area contributed by atoms with Crippen molar-refractivity contribution in [2.24, 2.45) is 5.92 Å². The quantitative estimate of drug-likeness (QED) is 0.678. The normalized spacial score (nSPS) is 21.1. The average molecular weight is 243 g/mol. The summed E-state index contributed by atoms with van der Waals surface area (Å²) < 4.78 is 4.90. The van der Waals surface area contributed by atoms with Crippen molar-refractivity contribution in [3.63, 3.8) is 0 Å². The maximum absolute atomic E-state index is 11.6. The molecule has 1 rings (SSSR count). The zero-order chi connectivity index (χ0) is 13.0. The predicted octanol–water partition coefficient (Wildman–Crippen LogP) is 0.307. The van der Waals surface area contributed by atoms with Gasteiger partial charge in [0.2, 0.25) is 5.91 Å². The Morgan fingerprint density at radius 1 is 1.53 bits per heavy atom. The second kappa shape index (κ2) is 5.65. The van der Waals surface area contributed by atoms with Crippen LogP contribution in [0.2, 0.25) is 0 Å². The van der Waals surface area contributed by atoms with Crippen molar-refractivity contribution in [3.05, 3.63) is 0 Å². The van der Waals surface area contributed by atoms with Gasteiger partial charge in [0.15, 0.2) is 6.10 Å². The number of carboxylic acid groups (broad SMARTS) is 1. The maximum Gasteiger partial charge on any atom is 0.345 e. The molecule has 0 saturated carbocycles. The molecule has 1 saturated heterocycles. The highest BCUT2D eigenvalue weighted by molar-refractivity contribution is 5.89. The van der Waals surface area contributed by atoms with Crippen molar-refractivity contribution in [2.75, 3.05) is 0 Å². The molecule has 0 radical (unpaired) electrons. The molecular weight excluding hydrogens is 226 g/mol. The Morgan fingerprint density at radius 3 is 2.59 bits per heavy atom. The Kier molecular flexibility index (Phi) is 4.48. The lowest BCUT2D eigenvalue weighted by Gasteiger charge is -2.17. The molecule has 1 fully saturated rings. The molecule has 1 amide bonds. The topological polar surface area (TPSA) is 92.7 Å². The molecule has 0 spiro atoms. The summed E-state index contributed by atoms with van der Waals surface area (Å²) in [7, 11) is 0. The van der Waals surface area contributed by atoms with Crippen molar-refractivity contribution in [3.8, 4) is 0 Å². The lowest BCUT2D eigenvalue weighted by Crippen LogP contribution is -2.39. The van der Waals surface area contributed by atoms with E-state index in [1.165, 1.54) is 0 Å². The van der Waals surface area contributed by atoms with Gasteiger partial charge in [-0.05, 0) is 18.8 Å². The third kappa shape index (κ3) is 4.05. The van der Waals surface area contributed by atoms with E-state index in [2.05, 4.69) is 5.32 Å². The Bertz CT molecular complexity index is 326. The van der Waals surface area contributed by atoms with Crippen LogP contribution in [-0.4, -0.2) is 35.1 Å². The number of carboxylic acids is 1. The van der Waals surface area contributed by atoms with Crippen LogP contribution in [0, 0.1) is 5.92 Å².